The maximum Gasteiger partial charge on any atom is 0.297 e. The van der Waals surface area contributed by atoms with Gasteiger partial charge in [0.05, 0.1) is 9.79 Å². The first kappa shape index (κ1) is 26.9. The van der Waals surface area contributed by atoms with Gasteiger partial charge in [-0.1, -0.05) is 86.8 Å². The van der Waals surface area contributed by atoms with E-state index in [0.29, 0.717) is 12.8 Å². The van der Waals surface area contributed by atoms with Crippen LogP contribution in [0.5, 0.6) is 0 Å². The molecule has 0 amide bonds. The Balaban J connectivity index is 1.88. The smallest absolute Gasteiger partial charge is 0.260 e. The van der Waals surface area contributed by atoms with Crippen LogP contribution in [0.1, 0.15) is 75.3 Å². The van der Waals surface area contributed by atoms with Gasteiger partial charge in [0.2, 0.25) is 0 Å². The van der Waals surface area contributed by atoms with Crippen LogP contribution in [-0.2, 0) is 28.6 Å². The zero-order chi connectivity index (χ0) is 24.6. The minimum Gasteiger partial charge on any atom is -0.260 e. The summed E-state index contributed by atoms with van der Waals surface area (Å²) in [5, 5.41) is 0. The van der Waals surface area contributed by atoms with E-state index in [4.69, 9.17) is 8.37 Å². The summed E-state index contributed by atoms with van der Waals surface area (Å²) in [5.41, 5.74) is 1.88. The molecule has 0 spiro atoms. The Morgan fingerprint density at radius 2 is 0.824 bits per heavy atom. The molecule has 1 aliphatic carbocycles. The second-order valence-electron chi connectivity index (χ2n) is 9.21. The van der Waals surface area contributed by atoms with Gasteiger partial charge < -0.3 is 0 Å². The Labute approximate surface area is 204 Å². The summed E-state index contributed by atoms with van der Waals surface area (Å²) in [5.74, 6) is 0. The highest BCUT2D eigenvalue weighted by atomic mass is 32.2. The standard InChI is InChI=1S/C26H36O6S2/c1-21-13-17-23(18-14-21)33(27,28)31-25-11-9-7-5-3-4-6-8-10-12-26(25)32-34(29,30)24-19-15-22(2)16-20-24/h13-20,25-26H,3-12H2,1-2H3. The quantitative estimate of drug-likeness (QED) is 0.441. The largest absolute Gasteiger partial charge is 0.297 e. The molecule has 8 heteroatoms. The second-order valence-corrected chi connectivity index (χ2v) is 12.4. The molecule has 0 radical (unpaired) electrons. The lowest BCUT2D eigenvalue weighted by Crippen LogP contribution is -2.35. The topological polar surface area (TPSA) is 86.7 Å². The molecule has 1 fully saturated rings. The van der Waals surface area contributed by atoms with E-state index in [9.17, 15) is 16.8 Å². The zero-order valence-corrected chi connectivity index (χ0v) is 21.7. The van der Waals surface area contributed by atoms with E-state index >= 15 is 0 Å². The van der Waals surface area contributed by atoms with Gasteiger partial charge in [-0.25, -0.2) is 0 Å². The van der Waals surface area contributed by atoms with E-state index < -0.39 is 32.4 Å². The van der Waals surface area contributed by atoms with Crippen LogP contribution in [0.25, 0.3) is 0 Å². The van der Waals surface area contributed by atoms with E-state index in [0.717, 1.165) is 62.5 Å². The highest BCUT2D eigenvalue weighted by Crippen LogP contribution is 2.28. The third kappa shape index (κ3) is 7.90. The van der Waals surface area contributed by atoms with Crippen LogP contribution in [0.2, 0.25) is 0 Å². The summed E-state index contributed by atoms with van der Waals surface area (Å²) in [6.45, 7) is 3.76. The molecule has 188 valence electrons. The summed E-state index contributed by atoms with van der Waals surface area (Å²) in [6.07, 6.45) is 6.93. The molecular formula is C26H36O6S2. The van der Waals surface area contributed by atoms with Crippen molar-refractivity contribution in [2.75, 3.05) is 0 Å². The third-order valence-corrected chi connectivity index (χ3v) is 8.96. The molecule has 2 aromatic rings. The fourth-order valence-electron chi connectivity index (χ4n) is 4.19. The van der Waals surface area contributed by atoms with E-state index in [1.165, 1.54) is 24.3 Å². The Kier molecular flexibility index (Phi) is 9.71. The summed E-state index contributed by atoms with van der Waals surface area (Å²) in [4.78, 5) is 0.119. The number of rotatable bonds is 6. The highest BCUT2D eigenvalue weighted by Gasteiger charge is 2.33. The first-order chi connectivity index (χ1) is 16.2. The minimum atomic E-state index is -4.08. The monoisotopic (exact) mass is 508 g/mol. The lowest BCUT2D eigenvalue weighted by molar-refractivity contribution is 0.0477. The van der Waals surface area contributed by atoms with Crippen molar-refractivity contribution in [2.45, 2.75) is 100 Å². The van der Waals surface area contributed by atoms with Crippen molar-refractivity contribution < 1.29 is 25.2 Å². The normalized spacial score (nSPS) is 21.4. The number of benzene rings is 2. The van der Waals surface area contributed by atoms with Crippen LogP contribution < -0.4 is 0 Å². The minimum absolute atomic E-state index is 0.0596. The average Bonchev–Trinajstić information content (AvgIpc) is 2.78. The van der Waals surface area contributed by atoms with Gasteiger partial charge >= 0.3 is 0 Å². The van der Waals surface area contributed by atoms with Crippen LogP contribution in [0.4, 0.5) is 0 Å². The van der Waals surface area contributed by atoms with Crippen molar-refractivity contribution in [1.29, 1.82) is 0 Å². The molecule has 0 aromatic heterocycles. The molecule has 0 saturated heterocycles. The second kappa shape index (κ2) is 12.3. The molecule has 6 nitrogen and oxygen atoms in total. The Bertz CT molecular complexity index is 1020. The summed E-state index contributed by atoms with van der Waals surface area (Å²) in [7, 11) is -8.15. The first-order valence-electron chi connectivity index (χ1n) is 12.2. The van der Waals surface area contributed by atoms with Crippen molar-refractivity contribution in [3.63, 3.8) is 0 Å². The predicted molar refractivity (Wildman–Crippen MR) is 133 cm³/mol. The van der Waals surface area contributed by atoms with Crippen molar-refractivity contribution in [2.24, 2.45) is 0 Å². The number of hydrogen-bond acceptors (Lipinski definition) is 6. The molecular weight excluding hydrogens is 472 g/mol. The Morgan fingerprint density at radius 1 is 0.529 bits per heavy atom. The van der Waals surface area contributed by atoms with Gasteiger partial charge in [0.25, 0.3) is 20.2 Å². The molecule has 0 bridgehead atoms. The molecule has 2 aromatic carbocycles. The molecule has 1 aliphatic rings. The van der Waals surface area contributed by atoms with Crippen LogP contribution in [0, 0.1) is 13.8 Å². The highest BCUT2D eigenvalue weighted by molar-refractivity contribution is 7.87. The molecule has 1 saturated carbocycles. The lowest BCUT2D eigenvalue weighted by atomic mass is 9.98. The van der Waals surface area contributed by atoms with Gasteiger partial charge in [-0.2, -0.15) is 16.8 Å². The fraction of sp³-hybridized carbons (Fsp3) is 0.538. The van der Waals surface area contributed by atoms with E-state index in [1.54, 1.807) is 24.3 Å². The maximum absolute atomic E-state index is 13.1. The maximum atomic E-state index is 13.1. The van der Waals surface area contributed by atoms with Crippen molar-refractivity contribution in [1.82, 2.24) is 0 Å². The predicted octanol–water partition coefficient (Wildman–Crippen LogP) is 6.07. The third-order valence-electron chi connectivity index (χ3n) is 6.26. The number of hydrogen-bond donors (Lipinski definition) is 0. The van der Waals surface area contributed by atoms with Gasteiger partial charge in [0.15, 0.2) is 0 Å². The Morgan fingerprint density at radius 3 is 1.15 bits per heavy atom. The summed E-state index contributed by atoms with van der Waals surface area (Å²) in [6, 6.07) is 12.9. The van der Waals surface area contributed by atoms with E-state index in [-0.39, 0.29) is 9.79 Å². The number of aryl methyl sites for hydroxylation is 2. The van der Waals surface area contributed by atoms with E-state index in [2.05, 4.69) is 0 Å². The Hall–Kier alpha value is -1.74. The molecule has 0 aliphatic heterocycles. The van der Waals surface area contributed by atoms with E-state index in [1.807, 2.05) is 13.8 Å². The SMILES string of the molecule is Cc1ccc(S(=O)(=O)OC2CCCCCCCCCCC2OS(=O)(=O)c2ccc(C)cc2)cc1. The van der Waals surface area contributed by atoms with Gasteiger partial charge in [-0.15, -0.1) is 0 Å². The fourth-order valence-corrected chi connectivity index (χ4v) is 6.44. The summed E-state index contributed by atoms with van der Waals surface area (Å²) < 4.78 is 63.7. The summed E-state index contributed by atoms with van der Waals surface area (Å²) >= 11 is 0. The molecule has 0 heterocycles. The van der Waals surface area contributed by atoms with Crippen LogP contribution >= 0.6 is 0 Å². The van der Waals surface area contributed by atoms with Crippen molar-refractivity contribution in [3.8, 4) is 0 Å². The molecule has 2 atom stereocenters. The van der Waals surface area contributed by atoms with Gasteiger partial charge in [0, 0.05) is 0 Å². The zero-order valence-electron chi connectivity index (χ0n) is 20.1. The lowest BCUT2D eigenvalue weighted by Gasteiger charge is -2.27. The van der Waals surface area contributed by atoms with Crippen molar-refractivity contribution >= 4 is 20.2 Å². The van der Waals surface area contributed by atoms with Gasteiger partial charge in [-0.05, 0) is 51.0 Å². The first-order valence-corrected chi connectivity index (χ1v) is 15.0. The van der Waals surface area contributed by atoms with Crippen LogP contribution in [0.15, 0.2) is 58.3 Å². The van der Waals surface area contributed by atoms with Crippen LogP contribution in [-0.4, -0.2) is 29.0 Å². The van der Waals surface area contributed by atoms with Crippen molar-refractivity contribution in [3.05, 3.63) is 59.7 Å². The molecule has 2 unspecified atom stereocenters. The van der Waals surface area contributed by atoms with Gasteiger partial charge in [-0.3, -0.25) is 8.37 Å². The van der Waals surface area contributed by atoms with Crippen LogP contribution in [0.3, 0.4) is 0 Å². The van der Waals surface area contributed by atoms with Gasteiger partial charge in [0.1, 0.15) is 12.2 Å². The molecule has 3 rings (SSSR count). The molecule has 0 N–H and O–H groups in total. The average molecular weight is 509 g/mol. The molecule has 34 heavy (non-hydrogen) atoms.